The van der Waals surface area contributed by atoms with Crippen molar-refractivity contribution in [3.63, 3.8) is 0 Å². The molecule has 0 bridgehead atoms. The van der Waals surface area contributed by atoms with Gasteiger partial charge in [-0.15, -0.1) is 0 Å². The summed E-state index contributed by atoms with van der Waals surface area (Å²) in [6, 6.07) is 0. The first kappa shape index (κ1) is 8.00. The fourth-order valence-electron chi connectivity index (χ4n) is 0.655. The number of rotatable bonds is 4. The molecule has 0 spiro atoms. The maximum Gasteiger partial charge on any atom is -0.0470 e. The van der Waals surface area contributed by atoms with Crippen LogP contribution >= 0.6 is 0 Å². The molecule has 0 aromatic heterocycles. The average Bonchev–Trinajstić information content (AvgIpc) is 1.83. The third kappa shape index (κ3) is 4.17. The first-order valence-corrected chi connectivity index (χ1v) is 3.59. The van der Waals surface area contributed by atoms with Gasteiger partial charge in [-0.1, -0.05) is 26.7 Å². The summed E-state index contributed by atoms with van der Waals surface area (Å²) in [5, 5.41) is 0. The minimum absolute atomic E-state index is 0.922. The van der Waals surface area contributed by atoms with Crippen molar-refractivity contribution in [1.29, 1.82) is 0 Å². The number of hydrogen-bond acceptors (Lipinski definition) is 0. The average molecular weight is 113 g/mol. The Balaban J connectivity index is 2.86. The van der Waals surface area contributed by atoms with Gasteiger partial charge in [0.1, 0.15) is 0 Å². The molecule has 0 N–H and O–H groups in total. The van der Waals surface area contributed by atoms with Crippen LogP contribution in [0.25, 0.3) is 0 Å². The molecule has 8 heavy (non-hydrogen) atoms. The van der Waals surface area contributed by atoms with Gasteiger partial charge in [-0.05, 0) is 5.92 Å². The molecule has 0 saturated heterocycles. The predicted molar refractivity (Wildman–Crippen MR) is 38.7 cm³/mol. The van der Waals surface area contributed by atoms with Gasteiger partial charge in [0, 0.05) is 0 Å². The Kier molecular flexibility index (Phi) is 5.14. The first-order valence-electron chi connectivity index (χ1n) is 3.59. The zero-order chi connectivity index (χ0) is 6.41. The van der Waals surface area contributed by atoms with Crippen LogP contribution in [0, 0.1) is 12.3 Å². The van der Waals surface area contributed by atoms with Gasteiger partial charge in [0.15, 0.2) is 0 Å². The van der Waals surface area contributed by atoms with Crippen molar-refractivity contribution in [2.24, 2.45) is 5.92 Å². The summed E-state index contributed by atoms with van der Waals surface area (Å²) in [7, 11) is 0. The highest BCUT2D eigenvalue weighted by molar-refractivity contribution is 4.58. The van der Waals surface area contributed by atoms with Crippen molar-refractivity contribution in [2.45, 2.75) is 40.0 Å². The van der Waals surface area contributed by atoms with Crippen LogP contribution in [0.2, 0.25) is 0 Å². The second-order valence-corrected chi connectivity index (χ2v) is 2.50. The van der Waals surface area contributed by atoms with E-state index in [1.165, 1.54) is 19.3 Å². The maximum atomic E-state index is 2.31. The molecular weight excluding hydrogens is 96.1 g/mol. The van der Waals surface area contributed by atoms with E-state index >= 15 is 0 Å². The van der Waals surface area contributed by atoms with E-state index in [0.29, 0.717) is 0 Å². The van der Waals surface area contributed by atoms with E-state index in [0.717, 1.165) is 5.92 Å². The van der Waals surface area contributed by atoms with E-state index in [9.17, 15) is 0 Å². The molecule has 0 aliphatic carbocycles. The molecular formula is C8H17-. The topological polar surface area (TPSA) is 0 Å². The quantitative estimate of drug-likeness (QED) is 0.491. The van der Waals surface area contributed by atoms with Gasteiger partial charge in [-0.3, -0.25) is 0 Å². The fourth-order valence-corrected chi connectivity index (χ4v) is 0.655. The number of hydrogen-bond donors (Lipinski definition) is 0. The summed E-state index contributed by atoms with van der Waals surface area (Å²) in [4.78, 5) is 0. The summed E-state index contributed by atoms with van der Waals surface area (Å²) in [5.41, 5.74) is 0. The summed E-state index contributed by atoms with van der Waals surface area (Å²) >= 11 is 0. The van der Waals surface area contributed by atoms with Crippen LogP contribution in [0.15, 0.2) is 0 Å². The Morgan fingerprint density at radius 2 is 2.12 bits per heavy atom. The lowest BCUT2D eigenvalue weighted by atomic mass is 10.0. The van der Waals surface area contributed by atoms with Gasteiger partial charge in [-0.25, -0.2) is 0 Å². The van der Waals surface area contributed by atoms with E-state index in [2.05, 4.69) is 27.2 Å². The third-order valence-electron chi connectivity index (χ3n) is 1.65. The fraction of sp³-hybridized carbons (Fsp3) is 0.875. The van der Waals surface area contributed by atoms with Crippen molar-refractivity contribution >= 4 is 0 Å². The molecule has 0 radical (unpaired) electrons. The summed E-state index contributed by atoms with van der Waals surface area (Å²) in [5.74, 6) is 0.922. The minimum atomic E-state index is 0.922. The molecule has 0 aromatic rings. The molecule has 0 aromatic carbocycles. The predicted octanol–water partition coefficient (Wildman–Crippen LogP) is 3.04. The van der Waals surface area contributed by atoms with Crippen LogP contribution in [0.3, 0.4) is 0 Å². The lowest BCUT2D eigenvalue weighted by Gasteiger charge is -2.09. The monoisotopic (exact) mass is 113 g/mol. The SMILES string of the molecule is C[CH-]CCC(C)CC. The van der Waals surface area contributed by atoms with E-state index in [4.69, 9.17) is 0 Å². The van der Waals surface area contributed by atoms with Crippen molar-refractivity contribution in [2.75, 3.05) is 0 Å². The van der Waals surface area contributed by atoms with E-state index in [-0.39, 0.29) is 0 Å². The molecule has 0 aliphatic rings. The molecule has 50 valence electrons. The Labute approximate surface area is 53.3 Å². The van der Waals surface area contributed by atoms with Crippen LogP contribution < -0.4 is 0 Å². The maximum absolute atomic E-state index is 2.31. The lowest BCUT2D eigenvalue weighted by molar-refractivity contribution is 0.514. The third-order valence-corrected chi connectivity index (χ3v) is 1.65. The van der Waals surface area contributed by atoms with Crippen LogP contribution in [0.1, 0.15) is 40.0 Å². The summed E-state index contributed by atoms with van der Waals surface area (Å²) in [6.07, 6.45) is 6.22. The largest absolute Gasteiger partial charge is 0.332 e. The molecule has 0 heterocycles. The molecule has 0 aliphatic heterocycles. The molecule has 1 unspecified atom stereocenters. The molecule has 0 amide bonds. The van der Waals surface area contributed by atoms with Gasteiger partial charge in [0.25, 0.3) is 0 Å². The molecule has 0 rings (SSSR count). The molecule has 0 fully saturated rings. The number of unbranched alkanes of at least 4 members (excludes halogenated alkanes) is 1. The molecule has 0 saturated carbocycles. The highest BCUT2D eigenvalue weighted by atomic mass is 14.0. The van der Waals surface area contributed by atoms with Gasteiger partial charge in [0.2, 0.25) is 0 Å². The minimum Gasteiger partial charge on any atom is -0.332 e. The summed E-state index contributed by atoms with van der Waals surface area (Å²) in [6.45, 7) is 6.69. The zero-order valence-corrected chi connectivity index (χ0v) is 6.28. The molecule has 0 heteroatoms. The lowest BCUT2D eigenvalue weighted by Crippen LogP contribution is -1.90. The summed E-state index contributed by atoms with van der Waals surface area (Å²) < 4.78 is 0. The van der Waals surface area contributed by atoms with Crippen molar-refractivity contribution in [1.82, 2.24) is 0 Å². The Bertz CT molecular complexity index is 39.3. The van der Waals surface area contributed by atoms with Gasteiger partial charge in [0.05, 0.1) is 0 Å². The van der Waals surface area contributed by atoms with Crippen molar-refractivity contribution < 1.29 is 0 Å². The van der Waals surface area contributed by atoms with Crippen LogP contribution in [-0.2, 0) is 0 Å². The Morgan fingerprint density at radius 3 is 2.50 bits per heavy atom. The highest BCUT2D eigenvalue weighted by Crippen LogP contribution is 2.09. The van der Waals surface area contributed by atoms with Crippen molar-refractivity contribution in [3.05, 3.63) is 6.42 Å². The first-order chi connectivity index (χ1) is 3.81. The van der Waals surface area contributed by atoms with Crippen LogP contribution in [0.5, 0.6) is 0 Å². The normalized spacial score (nSPS) is 13.9. The van der Waals surface area contributed by atoms with Crippen molar-refractivity contribution in [3.8, 4) is 0 Å². The van der Waals surface area contributed by atoms with Gasteiger partial charge < -0.3 is 6.42 Å². The van der Waals surface area contributed by atoms with E-state index in [1.807, 2.05) is 0 Å². The van der Waals surface area contributed by atoms with Gasteiger partial charge >= 0.3 is 0 Å². The standard InChI is InChI=1S/C8H17/c1-4-6-7-8(3)5-2/h4,8H,5-7H2,1-3H3/q-1. The molecule has 0 nitrogen and oxygen atoms in total. The van der Waals surface area contributed by atoms with Crippen LogP contribution in [0.4, 0.5) is 0 Å². The van der Waals surface area contributed by atoms with Crippen LogP contribution in [-0.4, -0.2) is 0 Å². The van der Waals surface area contributed by atoms with Gasteiger partial charge in [-0.2, -0.15) is 13.3 Å². The molecule has 1 atom stereocenters. The Hall–Kier alpha value is 0. The smallest absolute Gasteiger partial charge is 0.0470 e. The second-order valence-electron chi connectivity index (χ2n) is 2.50. The van der Waals surface area contributed by atoms with E-state index < -0.39 is 0 Å². The zero-order valence-electron chi connectivity index (χ0n) is 6.28. The Morgan fingerprint density at radius 1 is 1.50 bits per heavy atom. The van der Waals surface area contributed by atoms with E-state index in [1.54, 1.807) is 0 Å². The second kappa shape index (κ2) is 5.14. The highest BCUT2D eigenvalue weighted by Gasteiger charge is 1.91.